The number of hydrogen-bond acceptors (Lipinski definition) is 2. The van der Waals surface area contributed by atoms with E-state index in [0.717, 1.165) is 5.56 Å². The summed E-state index contributed by atoms with van der Waals surface area (Å²) in [5.74, 6) is -0.790. The number of alkyl halides is 1. The zero-order valence-electron chi connectivity index (χ0n) is 13.6. The molecule has 25 heavy (non-hydrogen) atoms. The fourth-order valence-corrected chi connectivity index (χ4v) is 2.34. The second-order valence-electron chi connectivity index (χ2n) is 5.37. The Morgan fingerprint density at radius 3 is 2.36 bits per heavy atom. The lowest BCUT2D eigenvalue weighted by Gasteiger charge is -2.14. The predicted octanol–water partition coefficient (Wildman–Crippen LogP) is 4.21. The molecule has 2 aromatic rings. The molecule has 0 bridgehead atoms. The standard InChI is InChI=1S/C19H18BrFN2O2/c1-13(14-4-8-16(21)9-5-14)22-19(25)15-6-10-17(11-7-15)23-18(24)3-2-12-20/h2-11,13H,12H2,1H3,(H,22,25)(H,23,24). The minimum absolute atomic E-state index is 0.235. The van der Waals surface area contributed by atoms with Gasteiger partial charge in [0, 0.05) is 22.7 Å². The van der Waals surface area contributed by atoms with Gasteiger partial charge in [-0.2, -0.15) is 0 Å². The minimum Gasteiger partial charge on any atom is -0.346 e. The third kappa shape index (κ3) is 5.83. The van der Waals surface area contributed by atoms with Gasteiger partial charge in [0.2, 0.25) is 5.91 Å². The monoisotopic (exact) mass is 404 g/mol. The van der Waals surface area contributed by atoms with Crippen LogP contribution < -0.4 is 10.6 Å². The van der Waals surface area contributed by atoms with Crippen molar-refractivity contribution in [2.45, 2.75) is 13.0 Å². The second kappa shape index (κ2) is 9.13. The Morgan fingerprint density at radius 2 is 1.76 bits per heavy atom. The maximum absolute atomic E-state index is 13.0. The van der Waals surface area contributed by atoms with E-state index >= 15 is 0 Å². The zero-order chi connectivity index (χ0) is 18.2. The highest BCUT2D eigenvalue weighted by Crippen LogP contribution is 2.15. The van der Waals surface area contributed by atoms with Crippen LogP contribution in [-0.2, 0) is 4.79 Å². The van der Waals surface area contributed by atoms with E-state index in [-0.39, 0.29) is 23.7 Å². The largest absolute Gasteiger partial charge is 0.346 e. The van der Waals surface area contributed by atoms with Crippen LogP contribution in [0.2, 0.25) is 0 Å². The number of rotatable bonds is 6. The lowest BCUT2D eigenvalue weighted by Crippen LogP contribution is -2.26. The first-order valence-electron chi connectivity index (χ1n) is 7.69. The Bertz CT molecular complexity index is 758. The first-order chi connectivity index (χ1) is 12.0. The van der Waals surface area contributed by atoms with Crippen LogP contribution in [0.3, 0.4) is 0 Å². The third-order valence-corrected chi connectivity index (χ3v) is 3.86. The van der Waals surface area contributed by atoms with Crippen LogP contribution in [0.25, 0.3) is 0 Å². The molecule has 130 valence electrons. The number of carbonyl (C=O) groups excluding carboxylic acids is 2. The van der Waals surface area contributed by atoms with Gasteiger partial charge in [-0.3, -0.25) is 9.59 Å². The lowest BCUT2D eigenvalue weighted by atomic mass is 10.1. The number of carbonyl (C=O) groups is 2. The third-order valence-electron chi connectivity index (χ3n) is 3.49. The van der Waals surface area contributed by atoms with Crippen molar-refractivity contribution in [1.82, 2.24) is 5.32 Å². The summed E-state index contributed by atoms with van der Waals surface area (Å²) < 4.78 is 13.0. The van der Waals surface area contributed by atoms with Gasteiger partial charge in [-0.1, -0.05) is 34.1 Å². The zero-order valence-corrected chi connectivity index (χ0v) is 15.2. The smallest absolute Gasteiger partial charge is 0.251 e. The second-order valence-corrected chi connectivity index (χ2v) is 6.02. The Morgan fingerprint density at radius 1 is 1.12 bits per heavy atom. The van der Waals surface area contributed by atoms with Crippen molar-refractivity contribution < 1.29 is 14.0 Å². The van der Waals surface area contributed by atoms with E-state index in [1.807, 2.05) is 6.92 Å². The molecule has 0 aromatic heterocycles. The number of halogens is 2. The number of amides is 2. The predicted molar refractivity (Wildman–Crippen MR) is 100 cm³/mol. The van der Waals surface area contributed by atoms with Crippen molar-refractivity contribution in [3.05, 3.63) is 77.6 Å². The first-order valence-corrected chi connectivity index (χ1v) is 8.81. The van der Waals surface area contributed by atoms with E-state index in [1.54, 1.807) is 42.5 Å². The highest BCUT2D eigenvalue weighted by atomic mass is 79.9. The maximum atomic E-state index is 13.0. The summed E-state index contributed by atoms with van der Waals surface area (Å²) in [5, 5.41) is 6.16. The number of hydrogen-bond donors (Lipinski definition) is 2. The molecule has 0 heterocycles. The molecular formula is C19H18BrFN2O2. The van der Waals surface area contributed by atoms with E-state index in [0.29, 0.717) is 16.6 Å². The molecule has 0 saturated heterocycles. The number of allylic oxidation sites excluding steroid dienone is 1. The normalized spacial score (nSPS) is 12.0. The average Bonchev–Trinajstić information content (AvgIpc) is 2.61. The summed E-state index contributed by atoms with van der Waals surface area (Å²) in [7, 11) is 0. The molecule has 2 aromatic carbocycles. The molecule has 0 fully saturated rings. The summed E-state index contributed by atoms with van der Waals surface area (Å²) in [6.45, 7) is 1.83. The van der Waals surface area contributed by atoms with E-state index in [1.165, 1.54) is 18.2 Å². The van der Waals surface area contributed by atoms with Gasteiger partial charge in [-0.05, 0) is 48.9 Å². The maximum Gasteiger partial charge on any atom is 0.251 e. The van der Waals surface area contributed by atoms with Gasteiger partial charge in [0.1, 0.15) is 5.82 Å². The molecule has 2 amide bonds. The Balaban J connectivity index is 1.96. The molecule has 1 atom stereocenters. The van der Waals surface area contributed by atoms with Crippen molar-refractivity contribution in [2.24, 2.45) is 0 Å². The van der Waals surface area contributed by atoms with Gasteiger partial charge in [0.15, 0.2) is 0 Å². The van der Waals surface area contributed by atoms with Crippen molar-refractivity contribution in [3.63, 3.8) is 0 Å². The summed E-state index contributed by atoms with van der Waals surface area (Å²) in [6, 6.07) is 12.3. The van der Waals surface area contributed by atoms with Gasteiger partial charge in [-0.15, -0.1) is 0 Å². The molecule has 0 aliphatic rings. The van der Waals surface area contributed by atoms with Crippen molar-refractivity contribution in [2.75, 3.05) is 10.6 Å². The van der Waals surface area contributed by atoms with E-state index in [4.69, 9.17) is 0 Å². The Hall–Kier alpha value is -2.47. The Labute approximate surface area is 154 Å². The molecule has 0 saturated carbocycles. The number of nitrogens with one attached hydrogen (secondary N) is 2. The van der Waals surface area contributed by atoms with Crippen LogP contribution in [0.1, 0.15) is 28.9 Å². The van der Waals surface area contributed by atoms with Crippen LogP contribution in [0.5, 0.6) is 0 Å². The lowest BCUT2D eigenvalue weighted by molar-refractivity contribution is -0.111. The summed E-state index contributed by atoms with van der Waals surface area (Å²) in [6.07, 6.45) is 3.12. The van der Waals surface area contributed by atoms with E-state index in [9.17, 15) is 14.0 Å². The van der Waals surface area contributed by atoms with Crippen molar-refractivity contribution in [1.29, 1.82) is 0 Å². The van der Waals surface area contributed by atoms with Crippen molar-refractivity contribution >= 4 is 33.4 Å². The van der Waals surface area contributed by atoms with Crippen LogP contribution in [0.15, 0.2) is 60.7 Å². The molecule has 4 nitrogen and oxygen atoms in total. The van der Waals surface area contributed by atoms with E-state index < -0.39 is 0 Å². The molecule has 0 radical (unpaired) electrons. The van der Waals surface area contributed by atoms with Crippen LogP contribution in [0, 0.1) is 5.82 Å². The molecule has 0 aliphatic heterocycles. The number of benzene rings is 2. The molecule has 1 unspecified atom stereocenters. The SMILES string of the molecule is CC(NC(=O)c1ccc(NC(=O)C=CCBr)cc1)c1ccc(F)cc1. The van der Waals surface area contributed by atoms with Crippen LogP contribution in [0.4, 0.5) is 10.1 Å². The molecule has 0 aliphatic carbocycles. The molecule has 2 rings (SSSR count). The van der Waals surface area contributed by atoms with Gasteiger partial charge in [-0.25, -0.2) is 4.39 Å². The van der Waals surface area contributed by atoms with Crippen LogP contribution in [-0.4, -0.2) is 17.1 Å². The molecule has 0 spiro atoms. The van der Waals surface area contributed by atoms with Crippen LogP contribution >= 0.6 is 15.9 Å². The molecular weight excluding hydrogens is 387 g/mol. The summed E-state index contributed by atoms with van der Waals surface area (Å²) in [4.78, 5) is 23.9. The first kappa shape index (κ1) is 18.9. The summed E-state index contributed by atoms with van der Waals surface area (Å²) in [5.41, 5.74) is 1.90. The Kier molecular flexibility index (Phi) is 6.89. The highest BCUT2D eigenvalue weighted by molar-refractivity contribution is 9.09. The van der Waals surface area contributed by atoms with E-state index in [2.05, 4.69) is 26.6 Å². The highest BCUT2D eigenvalue weighted by Gasteiger charge is 2.11. The van der Waals surface area contributed by atoms with Gasteiger partial charge in [0.05, 0.1) is 6.04 Å². The quantitative estimate of drug-likeness (QED) is 0.559. The fraction of sp³-hybridized carbons (Fsp3) is 0.158. The van der Waals surface area contributed by atoms with Gasteiger partial charge >= 0.3 is 0 Å². The molecule has 6 heteroatoms. The minimum atomic E-state index is -0.314. The number of anilines is 1. The van der Waals surface area contributed by atoms with Gasteiger partial charge < -0.3 is 10.6 Å². The molecule has 2 N–H and O–H groups in total. The fourth-order valence-electron chi connectivity index (χ4n) is 2.16. The van der Waals surface area contributed by atoms with Crippen molar-refractivity contribution in [3.8, 4) is 0 Å². The van der Waals surface area contributed by atoms with Gasteiger partial charge in [0.25, 0.3) is 5.91 Å². The average molecular weight is 405 g/mol. The topological polar surface area (TPSA) is 58.2 Å². The summed E-state index contributed by atoms with van der Waals surface area (Å²) >= 11 is 3.20.